The number of rotatable bonds is 6. The molecule has 1 N–H and O–H groups in total. The highest BCUT2D eigenvalue weighted by molar-refractivity contribution is 5.98. The number of benzene rings is 1. The molecule has 0 saturated heterocycles. The van der Waals surface area contributed by atoms with Crippen LogP contribution in [0.1, 0.15) is 38.0 Å². The van der Waals surface area contributed by atoms with Crippen LogP contribution in [-0.2, 0) is 16.1 Å². The fraction of sp³-hybridized carbons (Fsp3) is 0.263. The van der Waals surface area contributed by atoms with E-state index in [1.54, 1.807) is 39.2 Å². The molecule has 0 spiro atoms. The molecule has 0 bridgehead atoms. The molecule has 0 amide bonds. The second kappa shape index (κ2) is 7.95. The molecule has 0 aliphatic heterocycles. The topological polar surface area (TPSA) is 117 Å². The number of aryl methyl sites for hydroxylation is 1. The normalized spacial score (nSPS) is 10.6. The quantitative estimate of drug-likeness (QED) is 0.644. The molecule has 0 atom stereocenters. The Kier molecular flexibility index (Phi) is 5.44. The second-order valence-electron chi connectivity index (χ2n) is 5.94. The van der Waals surface area contributed by atoms with Crippen molar-refractivity contribution in [2.24, 2.45) is 0 Å². The summed E-state index contributed by atoms with van der Waals surface area (Å²) in [6, 6.07) is 7.18. The van der Waals surface area contributed by atoms with E-state index >= 15 is 0 Å². The smallest absolute Gasteiger partial charge is 0.355 e. The largest absolute Gasteiger partial charge is 0.497 e. The van der Waals surface area contributed by atoms with Crippen molar-refractivity contribution in [1.29, 1.82) is 0 Å². The van der Waals surface area contributed by atoms with Crippen LogP contribution in [0.15, 0.2) is 28.8 Å². The van der Waals surface area contributed by atoms with E-state index in [2.05, 4.69) is 15.1 Å². The van der Waals surface area contributed by atoms with Gasteiger partial charge in [0.15, 0.2) is 6.61 Å². The zero-order valence-corrected chi connectivity index (χ0v) is 15.9. The van der Waals surface area contributed by atoms with E-state index in [-0.39, 0.29) is 18.2 Å². The van der Waals surface area contributed by atoms with E-state index in [0.717, 1.165) is 0 Å². The Morgan fingerprint density at radius 2 is 1.96 bits per heavy atom. The molecule has 2 aromatic heterocycles. The number of aromatic amines is 1. The number of ether oxygens (including phenoxy) is 3. The van der Waals surface area contributed by atoms with Crippen molar-refractivity contribution in [3.05, 3.63) is 52.7 Å². The van der Waals surface area contributed by atoms with Crippen LogP contribution in [0.3, 0.4) is 0 Å². The number of carbonyl (C=O) groups excluding carboxylic acids is 2. The van der Waals surface area contributed by atoms with E-state index in [9.17, 15) is 9.59 Å². The molecule has 9 nitrogen and oxygen atoms in total. The van der Waals surface area contributed by atoms with Gasteiger partial charge in [-0.2, -0.15) is 4.98 Å². The summed E-state index contributed by atoms with van der Waals surface area (Å²) >= 11 is 0. The monoisotopic (exact) mass is 385 g/mol. The fourth-order valence-electron chi connectivity index (χ4n) is 2.75. The average Bonchev–Trinajstić information content (AvgIpc) is 3.30. The molecule has 2 heterocycles. The lowest BCUT2D eigenvalue weighted by molar-refractivity contribution is 0.0422. The summed E-state index contributed by atoms with van der Waals surface area (Å²) in [5.74, 6) is -0.0126. The number of aromatic nitrogens is 3. The van der Waals surface area contributed by atoms with Gasteiger partial charge in [-0.05, 0) is 31.5 Å². The Hall–Kier alpha value is -3.62. The molecule has 0 saturated carbocycles. The van der Waals surface area contributed by atoms with Gasteiger partial charge in [0, 0.05) is 11.3 Å². The van der Waals surface area contributed by atoms with E-state index < -0.39 is 11.9 Å². The number of methoxy groups -OCH3 is 2. The van der Waals surface area contributed by atoms with Gasteiger partial charge >= 0.3 is 11.9 Å². The highest BCUT2D eigenvalue weighted by Crippen LogP contribution is 2.22. The lowest BCUT2D eigenvalue weighted by atomic mass is 10.1. The van der Waals surface area contributed by atoms with Crippen LogP contribution in [0.4, 0.5) is 0 Å². The first-order valence-corrected chi connectivity index (χ1v) is 8.36. The van der Waals surface area contributed by atoms with Crippen LogP contribution in [0.2, 0.25) is 0 Å². The maximum Gasteiger partial charge on any atom is 0.355 e. The van der Waals surface area contributed by atoms with Gasteiger partial charge in [0.1, 0.15) is 11.4 Å². The van der Waals surface area contributed by atoms with Gasteiger partial charge in [0.2, 0.25) is 5.82 Å². The maximum absolute atomic E-state index is 12.4. The van der Waals surface area contributed by atoms with Gasteiger partial charge in [0.25, 0.3) is 5.89 Å². The van der Waals surface area contributed by atoms with Gasteiger partial charge in [-0.25, -0.2) is 9.59 Å². The number of esters is 2. The van der Waals surface area contributed by atoms with Gasteiger partial charge in [-0.1, -0.05) is 17.3 Å². The Labute approximate surface area is 160 Å². The molecule has 28 heavy (non-hydrogen) atoms. The lowest BCUT2D eigenvalue weighted by Crippen LogP contribution is -2.08. The molecule has 0 aliphatic carbocycles. The van der Waals surface area contributed by atoms with Crippen LogP contribution in [0, 0.1) is 13.8 Å². The molecule has 0 unspecified atom stereocenters. The molecular formula is C19H19N3O6. The standard InChI is InChI=1S/C19H19N3O6/c1-10-15(18(23)26-4)11(2)20-16(10)19(24)27-9-14-21-17(22-28-14)12-6-5-7-13(8-12)25-3/h5-8,20H,9H2,1-4H3. The third-order valence-electron chi connectivity index (χ3n) is 4.15. The summed E-state index contributed by atoms with van der Waals surface area (Å²) in [6.07, 6.45) is 0. The number of hydrogen-bond donors (Lipinski definition) is 1. The molecule has 3 rings (SSSR count). The van der Waals surface area contributed by atoms with Crippen molar-refractivity contribution >= 4 is 11.9 Å². The number of hydrogen-bond acceptors (Lipinski definition) is 8. The van der Waals surface area contributed by atoms with E-state index in [1.807, 2.05) is 6.07 Å². The van der Waals surface area contributed by atoms with Crippen LogP contribution < -0.4 is 4.74 Å². The third kappa shape index (κ3) is 3.73. The second-order valence-corrected chi connectivity index (χ2v) is 5.94. The fourth-order valence-corrected chi connectivity index (χ4v) is 2.75. The molecule has 1 aromatic carbocycles. The SMILES string of the molecule is COC(=O)c1c(C)[nH]c(C(=O)OCc2nc(-c3cccc(OC)c3)no2)c1C. The molecule has 9 heteroatoms. The highest BCUT2D eigenvalue weighted by atomic mass is 16.6. The predicted octanol–water partition coefficient (Wildman–Crippen LogP) is 2.83. The minimum absolute atomic E-state index is 0.139. The lowest BCUT2D eigenvalue weighted by Gasteiger charge is -2.02. The summed E-state index contributed by atoms with van der Waals surface area (Å²) in [5.41, 5.74) is 2.17. The minimum atomic E-state index is -0.642. The molecule has 0 aliphatic rings. The van der Waals surface area contributed by atoms with Gasteiger partial charge in [-0.3, -0.25) is 0 Å². The summed E-state index contributed by atoms with van der Waals surface area (Å²) in [5, 5.41) is 3.88. The number of nitrogens with one attached hydrogen (secondary N) is 1. The number of carbonyl (C=O) groups is 2. The molecule has 0 radical (unpaired) electrons. The highest BCUT2D eigenvalue weighted by Gasteiger charge is 2.24. The number of nitrogens with zero attached hydrogens (tertiary/aromatic N) is 2. The Bertz CT molecular complexity index is 1020. The Balaban J connectivity index is 1.71. The van der Waals surface area contributed by atoms with E-state index in [1.165, 1.54) is 7.11 Å². The zero-order valence-electron chi connectivity index (χ0n) is 15.9. The molecule has 146 valence electrons. The number of H-pyrrole nitrogens is 1. The van der Waals surface area contributed by atoms with Crippen LogP contribution in [0.5, 0.6) is 5.75 Å². The van der Waals surface area contributed by atoms with Crippen LogP contribution in [0.25, 0.3) is 11.4 Å². The minimum Gasteiger partial charge on any atom is -0.497 e. The van der Waals surface area contributed by atoms with Crippen molar-refractivity contribution in [1.82, 2.24) is 15.1 Å². The summed E-state index contributed by atoms with van der Waals surface area (Å²) in [6.45, 7) is 3.11. The van der Waals surface area contributed by atoms with Gasteiger partial charge in [0.05, 0.1) is 19.8 Å². The maximum atomic E-state index is 12.4. The molecular weight excluding hydrogens is 366 g/mol. The zero-order chi connectivity index (χ0) is 20.3. The third-order valence-corrected chi connectivity index (χ3v) is 4.15. The Morgan fingerprint density at radius 3 is 2.68 bits per heavy atom. The first kappa shape index (κ1) is 19.2. The first-order chi connectivity index (χ1) is 13.4. The van der Waals surface area contributed by atoms with E-state index in [0.29, 0.717) is 34.0 Å². The average molecular weight is 385 g/mol. The first-order valence-electron chi connectivity index (χ1n) is 8.36. The van der Waals surface area contributed by atoms with Crippen LogP contribution >= 0.6 is 0 Å². The van der Waals surface area contributed by atoms with E-state index in [4.69, 9.17) is 18.7 Å². The summed E-state index contributed by atoms with van der Waals surface area (Å²) < 4.78 is 20.3. The predicted molar refractivity (Wildman–Crippen MR) is 97.0 cm³/mol. The van der Waals surface area contributed by atoms with Crippen molar-refractivity contribution in [2.75, 3.05) is 14.2 Å². The summed E-state index contributed by atoms with van der Waals surface area (Å²) in [4.78, 5) is 31.2. The van der Waals surface area contributed by atoms with Crippen molar-refractivity contribution in [2.45, 2.75) is 20.5 Å². The molecule has 0 fully saturated rings. The van der Waals surface area contributed by atoms with Crippen molar-refractivity contribution in [3.8, 4) is 17.1 Å². The van der Waals surface area contributed by atoms with Crippen molar-refractivity contribution < 1.29 is 28.3 Å². The summed E-state index contributed by atoms with van der Waals surface area (Å²) in [7, 11) is 2.85. The van der Waals surface area contributed by atoms with Gasteiger partial charge < -0.3 is 23.7 Å². The Morgan fingerprint density at radius 1 is 1.18 bits per heavy atom. The van der Waals surface area contributed by atoms with Gasteiger partial charge in [-0.15, -0.1) is 0 Å². The van der Waals surface area contributed by atoms with Crippen molar-refractivity contribution in [3.63, 3.8) is 0 Å². The molecule has 3 aromatic rings. The van der Waals surface area contributed by atoms with Crippen LogP contribution in [-0.4, -0.2) is 41.3 Å².